The molecule has 82 valence electrons. The van der Waals surface area contributed by atoms with Crippen molar-refractivity contribution in [2.75, 3.05) is 31.0 Å². The Morgan fingerprint density at radius 3 is 1.92 bits per heavy atom. The molecule has 0 aromatic heterocycles. The number of alkyl halides is 1. The molecule has 0 aromatic carbocycles. The van der Waals surface area contributed by atoms with Gasteiger partial charge in [0.05, 0.1) is 0 Å². The molecule has 0 heterocycles. The molecule has 0 N–H and O–H groups in total. The van der Waals surface area contributed by atoms with Crippen LogP contribution in [0, 0.1) is 0 Å². The van der Waals surface area contributed by atoms with Crippen molar-refractivity contribution in [1.82, 2.24) is 0 Å². The van der Waals surface area contributed by atoms with Crippen molar-refractivity contribution in [3.63, 3.8) is 0 Å². The maximum atomic E-state index is 5.79. The monoisotopic (exact) mass is 319 g/mol. The van der Waals surface area contributed by atoms with Crippen LogP contribution in [0.25, 0.3) is 0 Å². The molecule has 0 atom stereocenters. The first-order valence-electron chi connectivity index (χ1n) is 4.61. The zero-order valence-electron chi connectivity index (χ0n) is 8.93. The van der Waals surface area contributed by atoms with Crippen molar-refractivity contribution in [2.24, 2.45) is 0 Å². The SMILES string of the molecule is CCO[Si](COC)(OCC)[I-]CC. The summed E-state index contributed by atoms with van der Waals surface area (Å²) in [5, 5.41) is 0. The van der Waals surface area contributed by atoms with E-state index in [0.717, 1.165) is 13.2 Å². The van der Waals surface area contributed by atoms with Gasteiger partial charge < -0.3 is 0 Å². The standard InChI is InChI=1S/C8H20IO3Si/c1-5-9-13(8-10-4,11-6-2)12-7-3/h5-8H2,1-4H3/q-1. The fourth-order valence-corrected chi connectivity index (χ4v) is 11.4. The van der Waals surface area contributed by atoms with Crippen LogP contribution in [-0.2, 0) is 13.6 Å². The van der Waals surface area contributed by atoms with Gasteiger partial charge in [0, 0.05) is 0 Å². The van der Waals surface area contributed by atoms with Crippen molar-refractivity contribution in [3.8, 4) is 0 Å². The van der Waals surface area contributed by atoms with Gasteiger partial charge in [0.2, 0.25) is 0 Å². The Labute approximate surface area is 91.7 Å². The van der Waals surface area contributed by atoms with Gasteiger partial charge in [-0.3, -0.25) is 0 Å². The van der Waals surface area contributed by atoms with Gasteiger partial charge in [-0.15, -0.1) is 0 Å². The summed E-state index contributed by atoms with van der Waals surface area (Å²) in [6.45, 7) is 7.74. The normalized spacial score (nSPS) is 12.3. The van der Waals surface area contributed by atoms with E-state index in [2.05, 4.69) is 6.92 Å². The fraction of sp³-hybridized carbons (Fsp3) is 1.00. The summed E-state index contributed by atoms with van der Waals surface area (Å²) in [7, 11) is 1.72. The molecule has 0 aliphatic heterocycles. The Morgan fingerprint density at radius 2 is 1.62 bits per heavy atom. The van der Waals surface area contributed by atoms with Gasteiger partial charge in [0.25, 0.3) is 0 Å². The molecule has 0 unspecified atom stereocenters. The molecule has 0 radical (unpaired) electrons. The van der Waals surface area contributed by atoms with E-state index in [1.165, 1.54) is 4.43 Å². The van der Waals surface area contributed by atoms with Crippen LogP contribution in [0.5, 0.6) is 0 Å². The fourth-order valence-electron chi connectivity index (χ4n) is 1.05. The Kier molecular flexibility index (Phi) is 8.68. The molecule has 5 heteroatoms. The summed E-state index contributed by atoms with van der Waals surface area (Å²) >= 11 is 0.0255. The number of halogens is 1. The maximum absolute atomic E-state index is 5.79. The molecular weight excluding hydrogens is 299 g/mol. The number of ether oxygens (including phenoxy) is 1. The van der Waals surface area contributed by atoms with E-state index >= 15 is 0 Å². The Hall–Kier alpha value is 0.827. The second-order valence-electron chi connectivity index (χ2n) is 2.36. The average Bonchev–Trinajstić information content (AvgIpc) is 2.06. The van der Waals surface area contributed by atoms with Crippen LogP contribution in [-0.4, -0.2) is 37.0 Å². The molecule has 0 aromatic rings. The third kappa shape index (κ3) is 5.31. The van der Waals surface area contributed by atoms with E-state index in [9.17, 15) is 0 Å². The van der Waals surface area contributed by atoms with Gasteiger partial charge in [-0.25, -0.2) is 0 Å². The topological polar surface area (TPSA) is 27.7 Å². The molecule has 0 bridgehead atoms. The third-order valence-electron chi connectivity index (χ3n) is 1.37. The van der Waals surface area contributed by atoms with Crippen LogP contribution in [0.1, 0.15) is 20.8 Å². The molecule has 13 heavy (non-hydrogen) atoms. The number of hydrogen-bond donors (Lipinski definition) is 0. The van der Waals surface area contributed by atoms with Crippen LogP contribution >= 0.6 is 0 Å². The first kappa shape index (κ1) is 13.8. The predicted molar refractivity (Wildman–Crippen MR) is 51.4 cm³/mol. The van der Waals surface area contributed by atoms with Crippen LogP contribution in [0.15, 0.2) is 0 Å². The van der Waals surface area contributed by atoms with Gasteiger partial charge in [-0.05, 0) is 0 Å². The van der Waals surface area contributed by atoms with Gasteiger partial charge in [-0.2, -0.15) is 0 Å². The summed E-state index contributed by atoms with van der Waals surface area (Å²) < 4.78 is 18.0. The zero-order chi connectivity index (χ0) is 10.2. The second kappa shape index (κ2) is 8.16. The van der Waals surface area contributed by atoms with Crippen LogP contribution in [0.3, 0.4) is 0 Å². The van der Waals surface area contributed by atoms with E-state index in [4.69, 9.17) is 13.6 Å². The van der Waals surface area contributed by atoms with Crippen molar-refractivity contribution >= 4 is 6.06 Å². The predicted octanol–water partition coefficient (Wildman–Crippen LogP) is -1.71. The molecule has 0 rings (SSSR count). The van der Waals surface area contributed by atoms with Crippen molar-refractivity contribution in [3.05, 3.63) is 0 Å². The minimum absolute atomic E-state index is 0.0255. The second-order valence-corrected chi connectivity index (χ2v) is 13.6. The van der Waals surface area contributed by atoms with E-state index in [0.29, 0.717) is 6.23 Å². The molecule has 0 fully saturated rings. The van der Waals surface area contributed by atoms with Crippen LogP contribution in [0.4, 0.5) is 0 Å². The average molecular weight is 319 g/mol. The molecule has 0 aliphatic carbocycles. The Balaban J connectivity index is 4.19. The molecule has 0 saturated carbocycles. The van der Waals surface area contributed by atoms with Gasteiger partial charge in [-0.1, -0.05) is 0 Å². The van der Waals surface area contributed by atoms with Crippen molar-refractivity contribution < 1.29 is 34.0 Å². The summed E-state index contributed by atoms with van der Waals surface area (Å²) in [4.78, 5) is 0. The van der Waals surface area contributed by atoms with Crippen molar-refractivity contribution in [2.45, 2.75) is 20.8 Å². The molecule has 3 nitrogen and oxygen atoms in total. The molecule has 0 amide bonds. The summed E-state index contributed by atoms with van der Waals surface area (Å²) in [6.07, 6.45) is 0.690. The zero-order valence-corrected chi connectivity index (χ0v) is 12.1. The Morgan fingerprint density at radius 1 is 1.08 bits per heavy atom. The van der Waals surface area contributed by atoms with Gasteiger partial charge in [0.15, 0.2) is 0 Å². The molecule has 0 saturated heterocycles. The molecule has 0 spiro atoms. The number of rotatable bonds is 8. The van der Waals surface area contributed by atoms with E-state index in [-0.39, 0.29) is 20.4 Å². The van der Waals surface area contributed by atoms with Crippen molar-refractivity contribution in [1.29, 1.82) is 0 Å². The van der Waals surface area contributed by atoms with Crippen LogP contribution in [0.2, 0.25) is 0 Å². The summed E-state index contributed by atoms with van der Waals surface area (Å²) in [5.74, 6) is 0. The van der Waals surface area contributed by atoms with E-state index in [1.54, 1.807) is 7.11 Å². The van der Waals surface area contributed by atoms with Crippen LogP contribution < -0.4 is 20.4 Å². The summed E-state index contributed by atoms with van der Waals surface area (Å²) in [5.41, 5.74) is 0. The number of hydrogen-bond acceptors (Lipinski definition) is 3. The van der Waals surface area contributed by atoms with E-state index in [1.807, 2.05) is 13.8 Å². The minimum atomic E-state index is -1.91. The van der Waals surface area contributed by atoms with Gasteiger partial charge in [0.1, 0.15) is 0 Å². The number of methoxy groups -OCH3 is 1. The van der Waals surface area contributed by atoms with Gasteiger partial charge >= 0.3 is 91.8 Å². The molecular formula is C8H20IO3Si-. The first-order chi connectivity index (χ1) is 6.24. The first-order valence-corrected chi connectivity index (χ1v) is 11.3. The molecule has 0 aliphatic rings. The quantitative estimate of drug-likeness (QED) is 0.231. The third-order valence-corrected chi connectivity index (χ3v) is 12.7. The Bertz CT molecular complexity index is 94.4. The summed E-state index contributed by atoms with van der Waals surface area (Å²) in [6, 6.07) is -1.91. The van der Waals surface area contributed by atoms with E-state index < -0.39 is 6.06 Å².